The summed E-state index contributed by atoms with van der Waals surface area (Å²) in [6.07, 6.45) is 3.65. The Hall–Kier alpha value is -1.11. The van der Waals surface area contributed by atoms with Gasteiger partial charge in [0.2, 0.25) is 0 Å². The first-order valence-electron chi connectivity index (χ1n) is 6.38. The van der Waals surface area contributed by atoms with E-state index in [2.05, 4.69) is 5.10 Å². The lowest BCUT2D eigenvalue weighted by Gasteiger charge is -2.32. The smallest absolute Gasteiger partial charge is 0.287 e. The maximum Gasteiger partial charge on any atom is 0.287 e. The van der Waals surface area contributed by atoms with Crippen molar-refractivity contribution in [2.24, 2.45) is 5.73 Å². The van der Waals surface area contributed by atoms with Gasteiger partial charge in [-0.1, -0.05) is 11.6 Å². The number of nitrogens with zero attached hydrogens (tertiary/aromatic N) is 3. The van der Waals surface area contributed by atoms with Crippen LogP contribution in [0.15, 0.2) is 11.0 Å². The molecule has 1 aromatic heterocycles. The molecule has 7 heteroatoms. The van der Waals surface area contributed by atoms with Gasteiger partial charge in [-0.25, -0.2) is 4.68 Å². The molecule has 19 heavy (non-hydrogen) atoms. The standard InChI is InChI=1S/C12H19ClN4O2/c1-19-6-5-17-12(18)11(13)10(7-15-17)16-4-2-3-9(14)8-16/h7,9H,2-6,8,14H2,1H3. The van der Waals surface area contributed by atoms with Crippen LogP contribution in [0.5, 0.6) is 0 Å². The summed E-state index contributed by atoms with van der Waals surface area (Å²) in [5.41, 5.74) is 6.34. The molecule has 2 N–H and O–H groups in total. The van der Waals surface area contributed by atoms with Crippen LogP contribution in [0.3, 0.4) is 0 Å². The molecule has 0 bridgehead atoms. The summed E-state index contributed by atoms with van der Waals surface area (Å²) in [4.78, 5) is 14.1. The summed E-state index contributed by atoms with van der Waals surface area (Å²) >= 11 is 6.16. The zero-order chi connectivity index (χ0) is 13.8. The fourth-order valence-corrected chi connectivity index (χ4v) is 2.51. The summed E-state index contributed by atoms with van der Waals surface area (Å²) in [5.74, 6) is 0. The van der Waals surface area contributed by atoms with Crippen LogP contribution in [0.4, 0.5) is 5.69 Å². The van der Waals surface area contributed by atoms with E-state index in [4.69, 9.17) is 22.1 Å². The highest BCUT2D eigenvalue weighted by Crippen LogP contribution is 2.24. The Bertz CT molecular complexity index is 491. The molecule has 2 rings (SSSR count). The van der Waals surface area contributed by atoms with Crippen LogP contribution in [0, 0.1) is 0 Å². The number of rotatable bonds is 4. The number of methoxy groups -OCH3 is 1. The Kier molecular flexibility index (Phi) is 4.79. The van der Waals surface area contributed by atoms with Crippen LogP contribution in [0.1, 0.15) is 12.8 Å². The molecule has 1 saturated heterocycles. The summed E-state index contributed by atoms with van der Waals surface area (Å²) in [5, 5.41) is 4.34. The molecule has 0 saturated carbocycles. The molecular weight excluding hydrogens is 268 g/mol. The van der Waals surface area contributed by atoms with Gasteiger partial charge in [0.25, 0.3) is 5.56 Å². The Balaban J connectivity index is 2.22. The molecule has 1 aliphatic heterocycles. The van der Waals surface area contributed by atoms with Gasteiger partial charge in [0.05, 0.1) is 25.0 Å². The third kappa shape index (κ3) is 3.26. The van der Waals surface area contributed by atoms with Gasteiger partial charge in [-0.05, 0) is 12.8 Å². The first-order valence-corrected chi connectivity index (χ1v) is 6.76. The second-order valence-corrected chi connectivity index (χ2v) is 5.09. The van der Waals surface area contributed by atoms with E-state index in [1.807, 2.05) is 4.90 Å². The SMILES string of the molecule is COCCn1ncc(N2CCCC(N)C2)c(Cl)c1=O. The van der Waals surface area contributed by atoms with Crippen LogP contribution in [-0.2, 0) is 11.3 Å². The molecule has 1 aliphatic rings. The van der Waals surface area contributed by atoms with E-state index in [1.165, 1.54) is 4.68 Å². The minimum Gasteiger partial charge on any atom is -0.383 e. The number of nitrogens with two attached hydrogens (primary N) is 1. The highest BCUT2D eigenvalue weighted by atomic mass is 35.5. The first kappa shape index (κ1) is 14.3. The largest absolute Gasteiger partial charge is 0.383 e. The molecule has 1 atom stereocenters. The highest BCUT2D eigenvalue weighted by Gasteiger charge is 2.21. The summed E-state index contributed by atoms with van der Waals surface area (Å²) in [6.45, 7) is 2.39. The van der Waals surface area contributed by atoms with Crippen molar-refractivity contribution in [2.45, 2.75) is 25.4 Å². The lowest BCUT2D eigenvalue weighted by atomic mass is 10.1. The average Bonchev–Trinajstić information content (AvgIpc) is 2.40. The Morgan fingerprint density at radius 2 is 2.42 bits per heavy atom. The zero-order valence-corrected chi connectivity index (χ0v) is 11.8. The summed E-state index contributed by atoms with van der Waals surface area (Å²) in [7, 11) is 1.58. The van der Waals surface area contributed by atoms with Crippen molar-refractivity contribution in [1.82, 2.24) is 9.78 Å². The van der Waals surface area contributed by atoms with Crippen LogP contribution >= 0.6 is 11.6 Å². The molecular formula is C12H19ClN4O2. The number of ether oxygens (including phenoxy) is 1. The van der Waals surface area contributed by atoms with Crippen molar-refractivity contribution < 1.29 is 4.74 Å². The van der Waals surface area contributed by atoms with Crippen molar-refractivity contribution in [3.63, 3.8) is 0 Å². The maximum atomic E-state index is 12.1. The minimum atomic E-state index is -0.282. The van der Waals surface area contributed by atoms with Crippen molar-refractivity contribution in [1.29, 1.82) is 0 Å². The quantitative estimate of drug-likeness (QED) is 0.871. The third-order valence-corrected chi connectivity index (χ3v) is 3.63. The monoisotopic (exact) mass is 286 g/mol. The first-order chi connectivity index (χ1) is 9.13. The molecule has 0 amide bonds. The van der Waals surface area contributed by atoms with Crippen LogP contribution in [0.25, 0.3) is 0 Å². The molecule has 1 aromatic rings. The minimum absolute atomic E-state index is 0.126. The molecule has 0 aromatic carbocycles. The van der Waals surface area contributed by atoms with E-state index in [1.54, 1.807) is 13.3 Å². The van der Waals surface area contributed by atoms with Gasteiger partial charge in [0.15, 0.2) is 0 Å². The predicted molar refractivity (Wildman–Crippen MR) is 74.8 cm³/mol. The van der Waals surface area contributed by atoms with Crippen LogP contribution in [0.2, 0.25) is 5.02 Å². The number of hydrogen-bond donors (Lipinski definition) is 1. The van der Waals surface area contributed by atoms with Gasteiger partial charge in [0.1, 0.15) is 5.02 Å². The second kappa shape index (κ2) is 6.36. The fourth-order valence-electron chi connectivity index (χ4n) is 2.24. The number of piperidine rings is 1. The Labute approximate surface area is 117 Å². The number of aromatic nitrogens is 2. The van der Waals surface area contributed by atoms with E-state index < -0.39 is 0 Å². The normalized spacial score (nSPS) is 19.7. The number of halogens is 1. The van der Waals surface area contributed by atoms with Crippen LogP contribution < -0.4 is 16.2 Å². The maximum absolute atomic E-state index is 12.1. The molecule has 0 spiro atoms. The molecule has 0 aliphatic carbocycles. The van der Waals surface area contributed by atoms with Gasteiger partial charge >= 0.3 is 0 Å². The highest BCUT2D eigenvalue weighted by molar-refractivity contribution is 6.33. The molecule has 6 nitrogen and oxygen atoms in total. The number of hydrogen-bond acceptors (Lipinski definition) is 5. The Morgan fingerprint density at radius 3 is 3.11 bits per heavy atom. The second-order valence-electron chi connectivity index (χ2n) is 4.71. The van der Waals surface area contributed by atoms with Gasteiger partial charge in [-0.2, -0.15) is 5.10 Å². The van der Waals surface area contributed by atoms with Gasteiger partial charge in [0, 0.05) is 26.2 Å². The average molecular weight is 287 g/mol. The van der Waals surface area contributed by atoms with E-state index in [-0.39, 0.29) is 16.6 Å². The van der Waals surface area contributed by atoms with Gasteiger partial charge in [-0.3, -0.25) is 4.79 Å². The van der Waals surface area contributed by atoms with Gasteiger partial charge < -0.3 is 15.4 Å². The molecule has 2 heterocycles. The van der Waals surface area contributed by atoms with Crippen LogP contribution in [-0.4, -0.2) is 42.6 Å². The van der Waals surface area contributed by atoms with Crippen molar-refractivity contribution in [3.8, 4) is 0 Å². The topological polar surface area (TPSA) is 73.4 Å². The predicted octanol–water partition coefficient (Wildman–Crippen LogP) is 0.471. The lowest BCUT2D eigenvalue weighted by Crippen LogP contribution is -2.43. The van der Waals surface area contributed by atoms with Crippen molar-refractivity contribution >= 4 is 17.3 Å². The lowest BCUT2D eigenvalue weighted by molar-refractivity contribution is 0.182. The van der Waals surface area contributed by atoms with Crippen molar-refractivity contribution in [2.75, 3.05) is 31.7 Å². The summed E-state index contributed by atoms with van der Waals surface area (Å²) in [6, 6.07) is 0.126. The molecule has 1 fully saturated rings. The van der Waals surface area contributed by atoms with E-state index in [0.717, 1.165) is 19.4 Å². The summed E-state index contributed by atoms with van der Waals surface area (Å²) < 4.78 is 6.25. The molecule has 106 valence electrons. The van der Waals surface area contributed by atoms with E-state index >= 15 is 0 Å². The third-order valence-electron chi connectivity index (χ3n) is 3.27. The van der Waals surface area contributed by atoms with E-state index in [9.17, 15) is 4.79 Å². The zero-order valence-electron chi connectivity index (χ0n) is 11.0. The molecule has 1 unspecified atom stereocenters. The van der Waals surface area contributed by atoms with E-state index in [0.29, 0.717) is 25.4 Å². The van der Waals surface area contributed by atoms with Gasteiger partial charge in [-0.15, -0.1) is 0 Å². The number of anilines is 1. The fraction of sp³-hybridized carbons (Fsp3) is 0.667. The van der Waals surface area contributed by atoms with Crippen molar-refractivity contribution in [3.05, 3.63) is 21.6 Å². The Morgan fingerprint density at radius 1 is 1.63 bits per heavy atom. The molecule has 0 radical (unpaired) electrons.